The van der Waals surface area contributed by atoms with Gasteiger partial charge in [-0.25, -0.2) is 0 Å². The van der Waals surface area contributed by atoms with Crippen LogP contribution in [0, 0.1) is 17.8 Å². The van der Waals surface area contributed by atoms with Crippen LogP contribution in [0.2, 0.25) is 0 Å². The molecule has 136 valence electrons. The van der Waals surface area contributed by atoms with Crippen molar-refractivity contribution in [3.63, 3.8) is 0 Å². The van der Waals surface area contributed by atoms with Crippen LogP contribution < -0.4 is 0 Å². The molecule has 0 N–H and O–H groups in total. The summed E-state index contributed by atoms with van der Waals surface area (Å²) in [5.74, 6) is 3.53. The number of rotatable bonds is 7. The molecule has 0 saturated heterocycles. The minimum Gasteiger partial charge on any atom is -0.373 e. The highest BCUT2D eigenvalue weighted by atomic mass is 16.5. The lowest BCUT2D eigenvalue weighted by Crippen LogP contribution is -2.25. The maximum Gasteiger partial charge on any atom is 0.0721 e. The van der Waals surface area contributed by atoms with Gasteiger partial charge in [-0.2, -0.15) is 0 Å². The summed E-state index contributed by atoms with van der Waals surface area (Å²) in [7, 11) is 0. The largest absolute Gasteiger partial charge is 0.373 e. The summed E-state index contributed by atoms with van der Waals surface area (Å²) < 4.78 is 5.53. The van der Waals surface area contributed by atoms with E-state index in [1.165, 1.54) is 62.5 Å². The molecule has 2 fully saturated rings. The zero-order chi connectivity index (χ0) is 17.5. The summed E-state index contributed by atoms with van der Waals surface area (Å²) in [6.07, 6.45) is 15.2. The van der Waals surface area contributed by atoms with Crippen LogP contribution in [0.5, 0.6) is 0 Å². The van der Waals surface area contributed by atoms with Crippen molar-refractivity contribution >= 4 is 0 Å². The monoisotopic (exact) mass is 338 g/mol. The van der Waals surface area contributed by atoms with E-state index in [4.69, 9.17) is 4.74 Å². The number of hydrogen-bond donors (Lipinski definition) is 0. The van der Waals surface area contributed by atoms with Crippen LogP contribution in [0.25, 0.3) is 0 Å². The van der Waals surface area contributed by atoms with Crippen molar-refractivity contribution in [3.8, 4) is 0 Å². The topological polar surface area (TPSA) is 9.23 Å². The van der Waals surface area contributed by atoms with Crippen molar-refractivity contribution in [2.24, 2.45) is 17.8 Å². The van der Waals surface area contributed by atoms with E-state index in [1.807, 2.05) is 0 Å². The standard InChI is InChI=1S/C24H34O/c1-3-17-25-18-20-7-11-22(12-8-20)24-15-13-23(14-16-24)21-9-5-19(4-2)6-10-21/h3-4,7-8,11-12,19,21,23-24H,1-2,5-6,9-10,13-18H2/t19-,21-,23-,24-. The van der Waals surface area contributed by atoms with Gasteiger partial charge in [-0.1, -0.05) is 36.4 Å². The molecule has 1 heteroatoms. The van der Waals surface area contributed by atoms with Crippen LogP contribution in [0.1, 0.15) is 68.4 Å². The molecule has 3 rings (SSSR count). The SMILES string of the molecule is C=CCOCc1ccc([C@H]2CC[C@H]([C@H]3CC[C@H](C=C)CC3)CC2)cc1. The molecule has 0 aromatic heterocycles. The molecule has 0 radical (unpaired) electrons. The molecular weight excluding hydrogens is 304 g/mol. The fourth-order valence-corrected chi connectivity index (χ4v) is 4.92. The van der Waals surface area contributed by atoms with Crippen LogP contribution >= 0.6 is 0 Å². The second-order valence-corrected chi connectivity index (χ2v) is 8.07. The molecule has 0 unspecified atom stereocenters. The van der Waals surface area contributed by atoms with Crippen molar-refractivity contribution in [1.29, 1.82) is 0 Å². The van der Waals surface area contributed by atoms with Crippen LogP contribution in [0.15, 0.2) is 49.6 Å². The summed E-state index contributed by atoms with van der Waals surface area (Å²) >= 11 is 0. The first-order chi connectivity index (χ1) is 12.3. The Morgan fingerprint density at radius 3 is 2.00 bits per heavy atom. The van der Waals surface area contributed by atoms with Gasteiger partial charge < -0.3 is 4.74 Å². The van der Waals surface area contributed by atoms with Crippen molar-refractivity contribution in [3.05, 3.63) is 60.7 Å². The second-order valence-electron chi connectivity index (χ2n) is 8.07. The summed E-state index contributed by atoms with van der Waals surface area (Å²) in [6.45, 7) is 8.98. The van der Waals surface area contributed by atoms with Crippen LogP contribution in [0.3, 0.4) is 0 Å². The van der Waals surface area contributed by atoms with Gasteiger partial charge in [0.15, 0.2) is 0 Å². The Labute approximate surface area is 154 Å². The average molecular weight is 339 g/mol. The Morgan fingerprint density at radius 1 is 0.840 bits per heavy atom. The second kappa shape index (κ2) is 9.38. The highest BCUT2D eigenvalue weighted by molar-refractivity contribution is 5.25. The molecule has 0 amide bonds. The molecule has 0 bridgehead atoms. The van der Waals surface area contributed by atoms with Crippen molar-refractivity contribution in [2.45, 2.75) is 63.9 Å². The Hall–Kier alpha value is -1.34. The Balaban J connectivity index is 1.45. The predicted octanol–water partition coefficient (Wildman–Crippen LogP) is 6.66. The molecule has 2 aliphatic carbocycles. The minimum atomic E-state index is 0.625. The van der Waals surface area contributed by atoms with Gasteiger partial charge in [0.2, 0.25) is 0 Å². The van der Waals surface area contributed by atoms with Crippen molar-refractivity contribution in [2.75, 3.05) is 6.61 Å². The molecule has 0 heterocycles. The predicted molar refractivity (Wildman–Crippen MR) is 107 cm³/mol. The first kappa shape index (κ1) is 18.5. The maximum absolute atomic E-state index is 5.53. The maximum atomic E-state index is 5.53. The summed E-state index contributed by atoms with van der Waals surface area (Å²) in [5.41, 5.74) is 2.79. The molecule has 1 aromatic rings. The van der Waals surface area contributed by atoms with Gasteiger partial charge in [0.1, 0.15) is 0 Å². The number of allylic oxidation sites excluding steroid dienone is 1. The fraction of sp³-hybridized carbons (Fsp3) is 0.583. The van der Waals surface area contributed by atoms with E-state index in [0.29, 0.717) is 13.2 Å². The lowest BCUT2D eigenvalue weighted by molar-refractivity contribution is 0.149. The molecule has 25 heavy (non-hydrogen) atoms. The number of hydrogen-bond acceptors (Lipinski definition) is 1. The highest BCUT2D eigenvalue weighted by Crippen LogP contribution is 2.44. The quantitative estimate of drug-likeness (QED) is 0.399. The van der Waals surface area contributed by atoms with E-state index in [1.54, 1.807) is 6.08 Å². The van der Waals surface area contributed by atoms with E-state index in [0.717, 1.165) is 23.7 Å². The van der Waals surface area contributed by atoms with Gasteiger partial charge >= 0.3 is 0 Å². The normalized spacial score (nSPS) is 29.9. The summed E-state index contributed by atoms with van der Waals surface area (Å²) in [6, 6.07) is 9.13. The number of ether oxygens (including phenoxy) is 1. The van der Waals surface area contributed by atoms with E-state index in [2.05, 4.69) is 43.5 Å². The van der Waals surface area contributed by atoms with E-state index >= 15 is 0 Å². The lowest BCUT2D eigenvalue weighted by Gasteiger charge is -2.37. The first-order valence-electron chi connectivity index (χ1n) is 10.2. The zero-order valence-corrected chi connectivity index (χ0v) is 15.7. The molecule has 0 atom stereocenters. The van der Waals surface area contributed by atoms with Gasteiger partial charge in [0.25, 0.3) is 0 Å². The first-order valence-corrected chi connectivity index (χ1v) is 10.2. The van der Waals surface area contributed by atoms with Crippen LogP contribution in [-0.2, 0) is 11.3 Å². The lowest BCUT2D eigenvalue weighted by atomic mass is 9.68. The Morgan fingerprint density at radius 2 is 1.44 bits per heavy atom. The highest BCUT2D eigenvalue weighted by Gasteiger charge is 2.30. The zero-order valence-electron chi connectivity index (χ0n) is 15.7. The van der Waals surface area contributed by atoms with Gasteiger partial charge in [-0.15, -0.1) is 13.2 Å². The van der Waals surface area contributed by atoms with Gasteiger partial charge in [0, 0.05) is 0 Å². The Kier molecular flexibility index (Phi) is 6.93. The fourth-order valence-electron chi connectivity index (χ4n) is 4.92. The minimum absolute atomic E-state index is 0.625. The van der Waals surface area contributed by atoms with Gasteiger partial charge in [-0.3, -0.25) is 0 Å². The molecule has 0 spiro atoms. The van der Waals surface area contributed by atoms with Crippen molar-refractivity contribution in [1.82, 2.24) is 0 Å². The van der Waals surface area contributed by atoms with Gasteiger partial charge in [0.05, 0.1) is 13.2 Å². The van der Waals surface area contributed by atoms with Crippen LogP contribution in [-0.4, -0.2) is 6.61 Å². The molecule has 1 nitrogen and oxygen atoms in total. The third kappa shape index (κ3) is 5.07. The average Bonchev–Trinajstić information content (AvgIpc) is 2.69. The van der Waals surface area contributed by atoms with Crippen molar-refractivity contribution < 1.29 is 4.74 Å². The van der Waals surface area contributed by atoms with E-state index in [9.17, 15) is 0 Å². The van der Waals surface area contributed by atoms with Gasteiger partial charge in [-0.05, 0) is 86.2 Å². The van der Waals surface area contributed by atoms with E-state index in [-0.39, 0.29) is 0 Å². The van der Waals surface area contributed by atoms with E-state index < -0.39 is 0 Å². The molecule has 2 aliphatic rings. The smallest absolute Gasteiger partial charge is 0.0721 e. The third-order valence-corrected chi connectivity index (χ3v) is 6.54. The molecule has 2 saturated carbocycles. The molecular formula is C24H34O. The molecule has 1 aromatic carbocycles. The number of benzene rings is 1. The molecule has 0 aliphatic heterocycles. The summed E-state index contributed by atoms with van der Waals surface area (Å²) in [5, 5.41) is 0. The summed E-state index contributed by atoms with van der Waals surface area (Å²) in [4.78, 5) is 0. The van der Waals surface area contributed by atoms with Crippen LogP contribution in [0.4, 0.5) is 0 Å². The Bertz CT molecular complexity index is 528. The third-order valence-electron chi connectivity index (χ3n) is 6.54.